The van der Waals surface area contributed by atoms with Gasteiger partial charge in [-0.2, -0.15) is 0 Å². The first kappa shape index (κ1) is 15.8. The highest BCUT2D eigenvalue weighted by molar-refractivity contribution is 5.50. The highest BCUT2D eigenvalue weighted by atomic mass is 16.5. The molecular weight excluding hydrogens is 210 g/mol. The van der Waals surface area contributed by atoms with E-state index in [1.54, 1.807) is 0 Å². The Bertz CT molecular complexity index is 286. The summed E-state index contributed by atoms with van der Waals surface area (Å²) in [6.45, 7) is 13.3. The van der Waals surface area contributed by atoms with Crippen LogP contribution in [0.2, 0.25) is 0 Å². The molecule has 0 heterocycles. The standard InChI is InChI=1S/C13H21NO.C2H6/c1-4-10-14(5-2)12-8-7-9-13(11-12)15-6-3;1-2/h7-9,11H,4-6,10H2,1-3H3;1-2H3. The maximum atomic E-state index is 5.49. The SMILES string of the molecule is CC.CCCN(CC)c1cccc(OCC)c1. The second-order valence-corrected chi connectivity index (χ2v) is 3.51. The second-order valence-electron chi connectivity index (χ2n) is 3.51. The van der Waals surface area contributed by atoms with Crippen molar-refractivity contribution in [3.05, 3.63) is 24.3 Å². The molecule has 1 aromatic rings. The lowest BCUT2D eigenvalue weighted by molar-refractivity contribution is 0.340. The molecule has 0 bridgehead atoms. The molecule has 0 unspecified atom stereocenters. The number of rotatable bonds is 6. The molecule has 0 spiro atoms. The number of hydrogen-bond acceptors (Lipinski definition) is 2. The molecule has 2 nitrogen and oxygen atoms in total. The number of anilines is 1. The van der Waals surface area contributed by atoms with Crippen LogP contribution in [-0.2, 0) is 0 Å². The molecule has 0 radical (unpaired) electrons. The van der Waals surface area contributed by atoms with Crippen LogP contribution in [-0.4, -0.2) is 19.7 Å². The van der Waals surface area contributed by atoms with Crippen molar-refractivity contribution in [2.75, 3.05) is 24.6 Å². The molecule has 1 aromatic carbocycles. The molecule has 0 saturated carbocycles. The maximum Gasteiger partial charge on any atom is 0.121 e. The van der Waals surface area contributed by atoms with Gasteiger partial charge >= 0.3 is 0 Å². The van der Waals surface area contributed by atoms with E-state index in [9.17, 15) is 0 Å². The Hall–Kier alpha value is -1.18. The van der Waals surface area contributed by atoms with E-state index in [1.807, 2.05) is 26.8 Å². The number of hydrogen-bond donors (Lipinski definition) is 0. The van der Waals surface area contributed by atoms with Crippen LogP contribution < -0.4 is 9.64 Å². The van der Waals surface area contributed by atoms with Gasteiger partial charge in [-0.05, 0) is 32.4 Å². The van der Waals surface area contributed by atoms with E-state index in [1.165, 1.54) is 12.1 Å². The van der Waals surface area contributed by atoms with Crippen molar-refractivity contribution in [1.29, 1.82) is 0 Å². The summed E-state index contributed by atoms with van der Waals surface area (Å²) in [5.74, 6) is 0.963. The first-order valence-corrected chi connectivity index (χ1v) is 6.79. The summed E-state index contributed by atoms with van der Waals surface area (Å²) in [6, 6.07) is 8.32. The summed E-state index contributed by atoms with van der Waals surface area (Å²) >= 11 is 0. The summed E-state index contributed by atoms with van der Waals surface area (Å²) in [4.78, 5) is 2.36. The fourth-order valence-corrected chi connectivity index (χ4v) is 1.68. The van der Waals surface area contributed by atoms with Gasteiger partial charge in [-0.1, -0.05) is 26.8 Å². The van der Waals surface area contributed by atoms with Crippen molar-refractivity contribution in [3.8, 4) is 5.75 Å². The van der Waals surface area contributed by atoms with E-state index in [2.05, 4.69) is 36.9 Å². The lowest BCUT2D eigenvalue weighted by atomic mass is 10.2. The van der Waals surface area contributed by atoms with E-state index in [0.717, 1.165) is 25.4 Å². The summed E-state index contributed by atoms with van der Waals surface area (Å²) in [5, 5.41) is 0. The van der Waals surface area contributed by atoms with E-state index >= 15 is 0 Å². The summed E-state index contributed by atoms with van der Waals surface area (Å²) in [5.41, 5.74) is 1.25. The normalized spacial score (nSPS) is 9.24. The van der Waals surface area contributed by atoms with Crippen LogP contribution in [0.4, 0.5) is 5.69 Å². The molecule has 2 heteroatoms. The highest BCUT2D eigenvalue weighted by Crippen LogP contribution is 2.21. The minimum Gasteiger partial charge on any atom is -0.494 e. The quantitative estimate of drug-likeness (QED) is 0.729. The van der Waals surface area contributed by atoms with Crippen LogP contribution in [0.15, 0.2) is 24.3 Å². The lowest BCUT2D eigenvalue weighted by Gasteiger charge is -2.22. The average Bonchev–Trinajstić information content (AvgIpc) is 2.39. The zero-order valence-electron chi connectivity index (χ0n) is 12.0. The Morgan fingerprint density at radius 1 is 1.12 bits per heavy atom. The molecule has 0 aliphatic carbocycles. The fourth-order valence-electron chi connectivity index (χ4n) is 1.68. The Morgan fingerprint density at radius 2 is 1.82 bits per heavy atom. The predicted octanol–water partition coefficient (Wildman–Crippen LogP) is 4.35. The van der Waals surface area contributed by atoms with E-state index in [0.29, 0.717) is 0 Å². The monoisotopic (exact) mass is 237 g/mol. The molecule has 0 aliphatic rings. The third-order valence-electron chi connectivity index (χ3n) is 2.37. The zero-order chi connectivity index (χ0) is 13.1. The van der Waals surface area contributed by atoms with Crippen LogP contribution in [0, 0.1) is 0 Å². The minimum absolute atomic E-state index is 0.726. The molecule has 0 fully saturated rings. The largest absolute Gasteiger partial charge is 0.494 e. The van der Waals surface area contributed by atoms with Crippen LogP contribution >= 0.6 is 0 Å². The first-order valence-electron chi connectivity index (χ1n) is 6.79. The van der Waals surface area contributed by atoms with Crippen molar-refractivity contribution in [2.45, 2.75) is 41.0 Å². The van der Waals surface area contributed by atoms with Gasteiger partial charge in [0.15, 0.2) is 0 Å². The Morgan fingerprint density at radius 3 is 2.35 bits per heavy atom. The fraction of sp³-hybridized carbons (Fsp3) is 0.600. The van der Waals surface area contributed by atoms with Crippen LogP contribution in [0.3, 0.4) is 0 Å². The van der Waals surface area contributed by atoms with E-state index in [4.69, 9.17) is 4.74 Å². The van der Waals surface area contributed by atoms with Gasteiger partial charge in [0.25, 0.3) is 0 Å². The van der Waals surface area contributed by atoms with Gasteiger partial charge in [-0.25, -0.2) is 0 Å². The molecule has 98 valence electrons. The number of benzene rings is 1. The molecule has 0 saturated heterocycles. The topological polar surface area (TPSA) is 12.5 Å². The maximum absolute atomic E-state index is 5.49. The smallest absolute Gasteiger partial charge is 0.121 e. The first-order chi connectivity index (χ1) is 8.31. The summed E-state index contributed by atoms with van der Waals surface area (Å²) in [7, 11) is 0. The number of nitrogens with zero attached hydrogens (tertiary/aromatic N) is 1. The van der Waals surface area contributed by atoms with Gasteiger partial charge in [0.1, 0.15) is 5.75 Å². The molecule has 1 rings (SSSR count). The summed E-state index contributed by atoms with van der Waals surface area (Å²) < 4.78 is 5.49. The summed E-state index contributed by atoms with van der Waals surface area (Å²) in [6.07, 6.45) is 1.17. The Labute approximate surface area is 107 Å². The Balaban J connectivity index is 0.00000121. The molecule has 0 amide bonds. The van der Waals surface area contributed by atoms with Gasteiger partial charge in [-0.3, -0.25) is 0 Å². The van der Waals surface area contributed by atoms with E-state index in [-0.39, 0.29) is 0 Å². The molecule has 0 aromatic heterocycles. The van der Waals surface area contributed by atoms with Crippen molar-refractivity contribution in [2.24, 2.45) is 0 Å². The Kier molecular flexibility index (Phi) is 9.31. The van der Waals surface area contributed by atoms with Crippen molar-refractivity contribution in [1.82, 2.24) is 0 Å². The third kappa shape index (κ3) is 5.62. The second kappa shape index (κ2) is 10.0. The average molecular weight is 237 g/mol. The van der Waals surface area contributed by atoms with Gasteiger partial charge in [0.05, 0.1) is 6.61 Å². The zero-order valence-corrected chi connectivity index (χ0v) is 12.0. The van der Waals surface area contributed by atoms with Crippen LogP contribution in [0.5, 0.6) is 5.75 Å². The van der Waals surface area contributed by atoms with Crippen molar-refractivity contribution >= 4 is 5.69 Å². The predicted molar refractivity (Wildman–Crippen MR) is 77.1 cm³/mol. The molecule has 0 atom stereocenters. The molecule has 17 heavy (non-hydrogen) atoms. The highest BCUT2D eigenvalue weighted by Gasteiger charge is 2.03. The van der Waals surface area contributed by atoms with Crippen LogP contribution in [0.25, 0.3) is 0 Å². The molecular formula is C15H27NO. The van der Waals surface area contributed by atoms with Gasteiger partial charge in [0.2, 0.25) is 0 Å². The third-order valence-corrected chi connectivity index (χ3v) is 2.37. The molecule has 0 aliphatic heterocycles. The lowest BCUT2D eigenvalue weighted by Crippen LogP contribution is -2.23. The van der Waals surface area contributed by atoms with Gasteiger partial charge < -0.3 is 9.64 Å². The van der Waals surface area contributed by atoms with Crippen molar-refractivity contribution < 1.29 is 4.74 Å². The van der Waals surface area contributed by atoms with Crippen molar-refractivity contribution in [3.63, 3.8) is 0 Å². The molecule has 0 N–H and O–H groups in total. The van der Waals surface area contributed by atoms with Gasteiger partial charge in [0, 0.05) is 24.8 Å². The van der Waals surface area contributed by atoms with Gasteiger partial charge in [-0.15, -0.1) is 0 Å². The minimum atomic E-state index is 0.726. The van der Waals surface area contributed by atoms with Crippen LogP contribution in [0.1, 0.15) is 41.0 Å². The number of ether oxygens (including phenoxy) is 1. The van der Waals surface area contributed by atoms with E-state index < -0.39 is 0 Å².